The molecule has 0 bridgehead atoms. The topological polar surface area (TPSA) is 66.9 Å². The van der Waals surface area contributed by atoms with E-state index < -0.39 is 21.7 Å². The predicted molar refractivity (Wildman–Crippen MR) is 172 cm³/mol. The number of rotatable bonds is 9. The summed E-state index contributed by atoms with van der Waals surface area (Å²) in [6.07, 6.45) is 4.64. The van der Waals surface area contributed by atoms with Crippen LogP contribution in [0.2, 0.25) is 5.02 Å². The maximum Gasteiger partial charge on any atom is 0.266 e. The molecule has 1 aliphatic rings. The molecule has 234 valence electrons. The fraction of sp³-hybridized carbons (Fsp3) is 0.364. The number of halogens is 3. The van der Waals surface area contributed by atoms with Crippen LogP contribution < -0.4 is 4.74 Å². The first-order valence-electron chi connectivity index (χ1n) is 14.5. The first kappa shape index (κ1) is 32.3. The fourth-order valence-electron chi connectivity index (χ4n) is 5.89. The fourth-order valence-corrected chi connectivity index (χ4v) is 8.30. The van der Waals surface area contributed by atoms with Gasteiger partial charge in [-0.25, -0.2) is 21.5 Å². The van der Waals surface area contributed by atoms with Gasteiger partial charge in [0.2, 0.25) is 10.0 Å². The van der Waals surface area contributed by atoms with Crippen LogP contribution in [-0.2, 0) is 16.6 Å². The lowest BCUT2D eigenvalue weighted by Crippen LogP contribution is -2.41. The highest BCUT2D eigenvalue weighted by molar-refractivity contribution is 7.89. The molecule has 1 aliphatic carbocycles. The van der Waals surface area contributed by atoms with Crippen LogP contribution in [0.4, 0.5) is 8.78 Å². The third kappa shape index (κ3) is 6.22. The van der Waals surface area contributed by atoms with E-state index in [0.717, 1.165) is 72.3 Å². The summed E-state index contributed by atoms with van der Waals surface area (Å²) < 4.78 is 61.3. The van der Waals surface area contributed by atoms with E-state index in [2.05, 4.69) is 6.92 Å². The largest absolute Gasteiger partial charge is 0.496 e. The molecule has 3 aromatic carbocycles. The van der Waals surface area contributed by atoms with Gasteiger partial charge in [-0.1, -0.05) is 43.1 Å². The van der Waals surface area contributed by atoms with Crippen LogP contribution in [0.25, 0.3) is 21.2 Å². The van der Waals surface area contributed by atoms with Crippen molar-refractivity contribution in [1.29, 1.82) is 0 Å². The number of benzene rings is 3. The summed E-state index contributed by atoms with van der Waals surface area (Å²) in [5.41, 5.74) is 2.36. The minimum atomic E-state index is -3.57. The number of thiophene rings is 1. The zero-order chi connectivity index (χ0) is 31.8. The number of hydrogen-bond donors (Lipinski definition) is 0. The first-order chi connectivity index (χ1) is 21.0. The SMILES string of the molecule is CCC1CCC(N(Cc2cc(-c3ccc(S(=O)(=O)N(C)C)cc3)ccc2OC)C(=O)c2sc3c(F)ccc(F)c3c2Cl)CC1. The molecule has 1 amide bonds. The Morgan fingerprint density at radius 3 is 2.20 bits per heavy atom. The molecule has 11 heteroatoms. The van der Waals surface area contributed by atoms with E-state index in [9.17, 15) is 22.0 Å². The Morgan fingerprint density at radius 1 is 0.977 bits per heavy atom. The zero-order valence-electron chi connectivity index (χ0n) is 25.1. The number of ether oxygens (including phenoxy) is 1. The van der Waals surface area contributed by atoms with Crippen molar-refractivity contribution in [2.24, 2.45) is 5.92 Å². The molecule has 6 nitrogen and oxygen atoms in total. The van der Waals surface area contributed by atoms with Crippen molar-refractivity contribution in [3.05, 3.63) is 81.7 Å². The molecule has 1 aromatic heterocycles. The Morgan fingerprint density at radius 2 is 1.61 bits per heavy atom. The number of fused-ring (bicyclic) bond motifs is 1. The number of carbonyl (C=O) groups is 1. The quantitative estimate of drug-likeness (QED) is 0.181. The predicted octanol–water partition coefficient (Wildman–Crippen LogP) is 8.37. The second kappa shape index (κ2) is 13.1. The third-order valence-corrected chi connectivity index (χ3v) is 12.1. The summed E-state index contributed by atoms with van der Waals surface area (Å²) in [5, 5.41) is -0.151. The molecular weight excluding hydrogens is 626 g/mol. The van der Waals surface area contributed by atoms with E-state index in [1.807, 2.05) is 18.2 Å². The summed E-state index contributed by atoms with van der Waals surface area (Å²) in [6, 6.07) is 14.2. The van der Waals surface area contributed by atoms with Gasteiger partial charge in [0.25, 0.3) is 5.91 Å². The lowest BCUT2D eigenvalue weighted by molar-refractivity contribution is 0.0591. The average Bonchev–Trinajstić information content (AvgIpc) is 3.39. The summed E-state index contributed by atoms with van der Waals surface area (Å²) in [6.45, 7) is 2.37. The van der Waals surface area contributed by atoms with Crippen LogP contribution in [0.15, 0.2) is 59.5 Å². The van der Waals surface area contributed by atoms with Gasteiger partial charge in [0.05, 0.1) is 27.1 Å². The number of nitrogens with zero attached hydrogens (tertiary/aromatic N) is 2. The Bertz CT molecular complexity index is 1780. The summed E-state index contributed by atoms with van der Waals surface area (Å²) in [5.74, 6) is -0.492. The van der Waals surface area contributed by atoms with E-state index in [0.29, 0.717) is 11.7 Å². The Kier molecular flexibility index (Phi) is 9.65. The van der Waals surface area contributed by atoms with Gasteiger partial charge in [-0.3, -0.25) is 4.79 Å². The van der Waals surface area contributed by atoms with Crippen LogP contribution in [0, 0.1) is 17.6 Å². The number of methoxy groups -OCH3 is 1. The van der Waals surface area contributed by atoms with Gasteiger partial charge in [-0.05, 0) is 79.1 Å². The van der Waals surface area contributed by atoms with E-state index >= 15 is 0 Å². The van der Waals surface area contributed by atoms with Gasteiger partial charge in [0, 0.05) is 32.2 Å². The van der Waals surface area contributed by atoms with E-state index in [-0.39, 0.29) is 43.4 Å². The minimum Gasteiger partial charge on any atom is -0.496 e. The van der Waals surface area contributed by atoms with Crippen molar-refractivity contribution < 1.29 is 26.7 Å². The molecule has 1 heterocycles. The van der Waals surface area contributed by atoms with Gasteiger partial charge >= 0.3 is 0 Å². The molecule has 1 fully saturated rings. The Balaban J connectivity index is 1.53. The minimum absolute atomic E-state index is 0.0206. The molecule has 0 unspecified atom stereocenters. The number of amides is 1. The lowest BCUT2D eigenvalue weighted by Gasteiger charge is -2.37. The summed E-state index contributed by atoms with van der Waals surface area (Å²) >= 11 is 7.45. The van der Waals surface area contributed by atoms with E-state index in [4.69, 9.17) is 16.3 Å². The monoisotopic (exact) mass is 660 g/mol. The number of carbonyl (C=O) groups excluding carboxylic acids is 1. The smallest absolute Gasteiger partial charge is 0.266 e. The second-order valence-corrected chi connectivity index (χ2v) is 14.9. The van der Waals surface area contributed by atoms with Crippen molar-refractivity contribution in [3.63, 3.8) is 0 Å². The third-order valence-electron chi connectivity index (χ3n) is 8.56. The normalized spacial score (nSPS) is 17.3. The lowest BCUT2D eigenvalue weighted by atomic mass is 9.83. The van der Waals surface area contributed by atoms with Crippen molar-refractivity contribution >= 4 is 49.0 Å². The second-order valence-electron chi connectivity index (χ2n) is 11.3. The molecule has 5 rings (SSSR count). The molecular formula is C33H35ClF2N2O4S2. The highest BCUT2D eigenvalue weighted by Crippen LogP contribution is 2.41. The maximum absolute atomic E-state index is 14.7. The highest BCUT2D eigenvalue weighted by atomic mass is 35.5. The molecule has 0 N–H and O–H groups in total. The van der Waals surface area contributed by atoms with Crippen LogP contribution in [-0.4, -0.2) is 50.8 Å². The molecule has 0 spiro atoms. The Hall–Kier alpha value is -3.05. The molecule has 44 heavy (non-hydrogen) atoms. The molecule has 0 radical (unpaired) electrons. The van der Waals surface area contributed by atoms with Crippen LogP contribution in [0.3, 0.4) is 0 Å². The molecule has 0 aliphatic heterocycles. The molecule has 4 aromatic rings. The van der Waals surface area contributed by atoms with E-state index in [1.54, 1.807) is 36.3 Å². The number of hydrogen-bond acceptors (Lipinski definition) is 5. The molecule has 1 saturated carbocycles. The van der Waals surface area contributed by atoms with Gasteiger partial charge in [-0.15, -0.1) is 11.3 Å². The van der Waals surface area contributed by atoms with Gasteiger partial charge in [0.15, 0.2) is 0 Å². The molecule has 0 atom stereocenters. The van der Waals surface area contributed by atoms with Gasteiger partial charge < -0.3 is 9.64 Å². The summed E-state index contributed by atoms with van der Waals surface area (Å²) in [7, 11) is 0.962. The average molecular weight is 661 g/mol. The molecule has 0 saturated heterocycles. The first-order valence-corrected chi connectivity index (χ1v) is 17.2. The van der Waals surface area contributed by atoms with Crippen molar-refractivity contribution in [2.75, 3.05) is 21.2 Å². The van der Waals surface area contributed by atoms with Gasteiger partial charge in [0.1, 0.15) is 22.3 Å². The summed E-state index contributed by atoms with van der Waals surface area (Å²) in [4.78, 5) is 16.3. The van der Waals surface area contributed by atoms with Crippen molar-refractivity contribution in [1.82, 2.24) is 9.21 Å². The maximum atomic E-state index is 14.7. The van der Waals surface area contributed by atoms with Crippen LogP contribution in [0.1, 0.15) is 54.3 Å². The van der Waals surface area contributed by atoms with Gasteiger partial charge in [-0.2, -0.15) is 0 Å². The highest BCUT2D eigenvalue weighted by Gasteiger charge is 2.33. The van der Waals surface area contributed by atoms with Crippen LogP contribution >= 0.6 is 22.9 Å². The van der Waals surface area contributed by atoms with Crippen LogP contribution in [0.5, 0.6) is 5.75 Å². The van der Waals surface area contributed by atoms with Crippen molar-refractivity contribution in [3.8, 4) is 16.9 Å². The standard InChI is InChI=1S/C33H35ClF2N2O4S2/c1-5-20-6-11-24(12-7-20)38(33(39)32-30(34)29-26(35)15-16-27(36)31(29)43-32)19-23-18-22(10-17-28(23)42-4)21-8-13-25(14-9-21)44(40,41)37(2)3/h8-10,13-18,20,24H,5-7,11-12,19H2,1-4H3. The van der Waals surface area contributed by atoms with E-state index in [1.165, 1.54) is 18.4 Å². The number of sulfonamides is 1. The zero-order valence-corrected chi connectivity index (χ0v) is 27.5. The Labute approximate surface area is 266 Å². The van der Waals surface area contributed by atoms with Crippen molar-refractivity contribution in [2.45, 2.75) is 56.5 Å².